The van der Waals surface area contributed by atoms with Crippen molar-refractivity contribution in [2.45, 2.75) is 31.9 Å². The molecule has 2 heterocycles. The van der Waals surface area contributed by atoms with Gasteiger partial charge >= 0.3 is 12.1 Å². The first-order chi connectivity index (χ1) is 15.1. The number of furan rings is 1. The van der Waals surface area contributed by atoms with Gasteiger partial charge in [-0.05, 0) is 43.2 Å². The second-order valence-electron chi connectivity index (χ2n) is 7.04. The van der Waals surface area contributed by atoms with Crippen LogP contribution in [0, 0.1) is 0 Å². The second-order valence-corrected chi connectivity index (χ2v) is 8.72. The molecule has 1 aromatic carbocycles. The van der Waals surface area contributed by atoms with Gasteiger partial charge in [0, 0.05) is 30.3 Å². The second kappa shape index (κ2) is 9.78. The highest BCUT2D eigenvalue weighted by molar-refractivity contribution is 8.26. The summed E-state index contributed by atoms with van der Waals surface area (Å²) in [5, 5.41) is 8.66. The lowest BCUT2D eigenvalue weighted by atomic mass is 10.1. The van der Waals surface area contributed by atoms with Crippen LogP contribution >= 0.6 is 24.0 Å². The number of carbonyl (C=O) groups excluding carboxylic acids is 1. The Hall–Kier alpha value is -2.79. The van der Waals surface area contributed by atoms with Gasteiger partial charge in [0.1, 0.15) is 15.8 Å². The molecule has 1 aliphatic heterocycles. The first-order valence-corrected chi connectivity index (χ1v) is 10.8. The molecule has 2 aromatic rings. The van der Waals surface area contributed by atoms with Gasteiger partial charge in [-0.1, -0.05) is 30.4 Å². The maximum Gasteiger partial charge on any atom is 0.418 e. The fraction of sp³-hybridized carbons (Fsp3) is 0.286. The van der Waals surface area contributed by atoms with Crippen LogP contribution in [0.5, 0.6) is 0 Å². The van der Waals surface area contributed by atoms with Gasteiger partial charge in [0.25, 0.3) is 5.91 Å². The number of benzene rings is 1. The number of unbranched alkanes of at least 4 members (excludes halogenated alkanes) is 2. The van der Waals surface area contributed by atoms with Crippen molar-refractivity contribution in [2.24, 2.45) is 0 Å². The topological polar surface area (TPSA) is 96.8 Å². The van der Waals surface area contributed by atoms with E-state index in [-0.39, 0.29) is 29.3 Å². The minimum atomic E-state index is -4.59. The number of halogens is 3. The smallest absolute Gasteiger partial charge is 0.418 e. The summed E-state index contributed by atoms with van der Waals surface area (Å²) >= 11 is 6.37. The predicted octanol–water partition coefficient (Wildman–Crippen LogP) is 5.39. The zero-order chi connectivity index (χ0) is 23.5. The standard InChI is InChI=1S/C21H19F3N2O4S2/c22-21(23,24)14-10-12(5-7-15(14)25)16-8-6-13(30-16)11-17-19(29)26(20(31)32-17)9-3-1-2-4-18(27)28/h5-8,10-11H,1-4,9,25H2,(H,27,28). The third kappa shape index (κ3) is 5.71. The number of nitrogens with zero attached hydrogens (tertiary/aromatic N) is 1. The Bertz CT molecular complexity index is 1080. The molecule has 0 spiro atoms. The van der Waals surface area contributed by atoms with E-state index < -0.39 is 17.7 Å². The molecule has 32 heavy (non-hydrogen) atoms. The lowest BCUT2D eigenvalue weighted by Crippen LogP contribution is -2.29. The maximum atomic E-state index is 13.1. The number of carbonyl (C=O) groups is 2. The molecule has 1 saturated heterocycles. The average Bonchev–Trinajstić information content (AvgIpc) is 3.27. The minimum Gasteiger partial charge on any atom is -0.481 e. The summed E-state index contributed by atoms with van der Waals surface area (Å²) < 4.78 is 45.3. The molecule has 1 fully saturated rings. The molecule has 0 radical (unpaired) electrons. The number of carboxylic acids is 1. The van der Waals surface area contributed by atoms with E-state index in [4.69, 9.17) is 27.5 Å². The minimum absolute atomic E-state index is 0.0809. The molecule has 0 saturated carbocycles. The van der Waals surface area contributed by atoms with Gasteiger partial charge in [-0.25, -0.2) is 0 Å². The number of carboxylic acid groups (broad SMARTS) is 1. The Balaban J connectivity index is 1.69. The normalized spacial score (nSPS) is 15.7. The SMILES string of the molecule is Nc1ccc(-c2ccc(C=C3SC(=S)N(CCCCCC(=O)O)C3=O)o2)cc1C(F)(F)F. The monoisotopic (exact) mass is 484 g/mol. The molecule has 170 valence electrons. The summed E-state index contributed by atoms with van der Waals surface area (Å²) in [7, 11) is 0. The molecular weight excluding hydrogens is 465 g/mol. The molecule has 11 heteroatoms. The first kappa shape index (κ1) is 23.9. The maximum absolute atomic E-state index is 13.1. The van der Waals surface area contributed by atoms with Gasteiger partial charge in [-0.3, -0.25) is 14.5 Å². The zero-order valence-electron chi connectivity index (χ0n) is 16.6. The Kier molecular flexibility index (Phi) is 7.29. The summed E-state index contributed by atoms with van der Waals surface area (Å²) in [5.74, 6) is -0.643. The highest BCUT2D eigenvalue weighted by Crippen LogP contribution is 2.37. The molecule has 3 rings (SSSR count). The highest BCUT2D eigenvalue weighted by Gasteiger charge is 2.34. The molecule has 0 aliphatic carbocycles. The van der Waals surface area contributed by atoms with Gasteiger partial charge in [0.2, 0.25) is 0 Å². The van der Waals surface area contributed by atoms with E-state index >= 15 is 0 Å². The molecule has 1 aliphatic rings. The molecule has 0 bridgehead atoms. The van der Waals surface area contributed by atoms with Gasteiger partial charge in [0.15, 0.2) is 0 Å². The van der Waals surface area contributed by atoms with Gasteiger partial charge < -0.3 is 15.3 Å². The van der Waals surface area contributed by atoms with Crippen LogP contribution in [0.15, 0.2) is 39.7 Å². The van der Waals surface area contributed by atoms with E-state index in [0.717, 1.165) is 17.8 Å². The van der Waals surface area contributed by atoms with Crippen molar-refractivity contribution in [2.75, 3.05) is 12.3 Å². The number of nitrogen functional groups attached to an aromatic ring is 1. The van der Waals surface area contributed by atoms with Crippen molar-refractivity contribution in [3.8, 4) is 11.3 Å². The molecule has 1 amide bonds. The van der Waals surface area contributed by atoms with Crippen molar-refractivity contribution in [1.82, 2.24) is 4.90 Å². The summed E-state index contributed by atoms with van der Waals surface area (Å²) in [5.41, 5.74) is 4.32. The van der Waals surface area contributed by atoms with Crippen LogP contribution in [0.25, 0.3) is 17.4 Å². The Labute approximate surface area is 191 Å². The summed E-state index contributed by atoms with van der Waals surface area (Å²) in [4.78, 5) is 25.0. The predicted molar refractivity (Wildman–Crippen MR) is 120 cm³/mol. The molecule has 1 aromatic heterocycles. The largest absolute Gasteiger partial charge is 0.481 e. The van der Waals surface area contributed by atoms with Gasteiger partial charge in [0.05, 0.1) is 10.5 Å². The van der Waals surface area contributed by atoms with E-state index in [1.807, 2.05) is 0 Å². The lowest BCUT2D eigenvalue weighted by molar-refractivity contribution is -0.137. The zero-order valence-corrected chi connectivity index (χ0v) is 18.3. The Morgan fingerprint density at radius 2 is 1.97 bits per heavy atom. The quantitative estimate of drug-likeness (QED) is 0.224. The van der Waals surface area contributed by atoms with E-state index in [9.17, 15) is 22.8 Å². The Morgan fingerprint density at radius 3 is 2.66 bits per heavy atom. The molecule has 6 nitrogen and oxygen atoms in total. The lowest BCUT2D eigenvalue weighted by Gasteiger charge is -2.13. The first-order valence-electron chi connectivity index (χ1n) is 9.60. The van der Waals surface area contributed by atoms with E-state index in [2.05, 4.69) is 0 Å². The number of thiocarbonyl (C=S) groups is 1. The van der Waals surface area contributed by atoms with Crippen LogP contribution < -0.4 is 5.73 Å². The summed E-state index contributed by atoms with van der Waals surface area (Å²) in [6.45, 7) is 0.386. The number of anilines is 1. The molecular formula is C21H19F3N2O4S2. The molecule has 3 N–H and O–H groups in total. The highest BCUT2D eigenvalue weighted by atomic mass is 32.2. The Morgan fingerprint density at radius 1 is 1.22 bits per heavy atom. The van der Waals surface area contributed by atoms with Crippen molar-refractivity contribution >= 4 is 51.9 Å². The number of alkyl halides is 3. The summed E-state index contributed by atoms with van der Waals surface area (Å²) in [6, 6.07) is 6.58. The number of hydrogen-bond acceptors (Lipinski definition) is 6. The van der Waals surface area contributed by atoms with Crippen LogP contribution in [0.4, 0.5) is 18.9 Å². The van der Waals surface area contributed by atoms with Crippen LogP contribution in [0.1, 0.15) is 37.0 Å². The number of hydrogen-bond donors (Lipinski definition) is 2. The fourth-order valence-electron chi connectivity index (χ4n) is 3.09. The van der Waals surface area contributed by atoms with E-state index in [0.29, 0.717) is 40.8 Å². The number of amides is 1. The van der Waals surface area contributed by atoms with Crippen LogP contribution in [-0.2, 0) is 15.8 Å². The van der Waals surface area contributed by atoms with Crippen molar-refractivity contribution in [1.29, 1.82) is 0 Å². The van der Waals surface area contributed by atoms with Crippen LogP contribution in [0.3, 0.4) is 0 Å². The van der Waals surface area contributed by atoms with Crippen molar-refractivity contribution < 1.29 is 32.3 Å². The number of nitrogens with two attached hydrogens (primary N) is 1. The van der Waals surface area contributed by atoms with Crippen molar-refractivity contribution in [3.63, 3.8) is 0 Å². The van der Waals surface area contributed by atoms with Gasteiger partial charge in [-0.15, -0.1) is 0 Å². The number of aliphatic carboxylic acids is 1. The van der Waals surface area contributed by atoms with Crippen LogP contribution in [0.2, 0.25) is 0 Å². The van der Waals surface area contributed by atoms with Crippen molar-refractivity contribution in [3.05, 3.63) is 46.6 Å². The van der Waals surface area contributed by atoms with Gasteiger partial charge in [-0.2, -0.15) is 13.2 Å². The van der Waals surface area contributed by atoms with E-state index in [1.54, 1.807) is 6.07 Å². The molecule has 0 atom stereocenters. The molecule has 0 unspecified atom stereocenters. The average molecular weight is 485 g/mol. The number of thioether (sulfide) groups is 1. The third-order valence-corrected chi connectivity index (χ3v) is 6.07. The van der Waals surface area contributed by atoms with E-state index in [1.165, 1.54) is 29.2 Å². The fourth-order valence-corrected chi connectivity index (χ4v) is 4.37. The number of rotatable bonds is 8. The van der Waals surface area contributed by atoms with Crippen LogP contribution in [-0.4, -0.2) is 32.7 Å². The summed E-state index contributed by atoms with van der Waals surface area (Å²) in [6.07, 6.45) is -1.21. The third-order valence-electron chi connectivity index (χ3n) is 4.69.